The summed E-state index contributed by atoms with van der Waals surface area (Å²) in [5.74, 6) is 1.27. The van der Waals surface area contributed by atoms with Gasteiger partial charge in [0.2, 0.25) is 5.88 Å². The fourth-order valence-electron chi connectivity index (χ4n) is 1.75. The highest BCUT2D eigenvalue weighted by molar-refractivity contribution is 9.10. The molecule has 5 heteroatoms. The SMILES string of the molecule is Cc1ccc(Oc2ccc(Cl)c(CNC(C)C)n2)c(Br)c1. The number of hydrogen-bond acceptors (Lipinski definition) is 3. The molecule has 2 rings (SSSR count). The van der Waals surface area contributed by atoms with Crippen LogP contribution in [0.15, 0.2) is 34.8 Å². The van der Waals surface area contributed by atoms with Crippen molar-refractivity contribution in [3.8, 4) is 11.6 Å². The van der Waals surface area contributed by atoms with Crippen LogP contribution in [-0.4, -0.2) is 11.0 Å². The molecule has 1 aromatic carbocycles. The largest absolute Gasteiger partial charge is 0.438 e. The van der Waals surface area contributed by atoms with Crippen molar-refractivity contribution in [2.75, 3.05) is 0 Å². The van der Waals surface area contributed by atoms with Gasteiger partial charge in [0.15, 0.2) is 0 Å². The first-order valence-corrected chi connectivity index (χ1v) is 7.95. The molecule has 3 nitrogen and oxygen atoms in total. The normalized spacial score (nSPS) is 11.0. The first-order valence-electron chi connectivity index (χ1n) is 6.78. The highest BCUT2D eigenvalue weighted by Gasteiger charge is 2.08. The van der Waals surface area contributed by atoms with E-state index >= 15 is 0 Å². The molecule has 0 atom stereocenters. The Bertz CT molecular complexity index is 632. The molecule has 21 heavy (non-hydrogen) atoms. The van der Waals surface area contributed by atoms with Crippen LogP contribution in [0.25, 0.3) is 0 Å². The average molecular weight is 370 g/mol. The number of nitrogens with one attached hydrogen (secondary N) is 1. The predicted octanol–water partition coefficient (Wildman–Crippen LogP) is 5.10. The number of halogens is 2. The highest BCUT2D eigenvalue weighted by Crippen LogP contribution is 2.30. The van der Waals surface area contributed by atoms with Gasteiger partial charge < -0.3 is 10.1 Å². The van der Waals surface area contributed by atoms with E-state index in [1.807, 2.05) is 31.2 Å². The Labute approximate surface area is 138 Å². The number of aromatic nitrogens is 1. The minimum Gasteiger partial charge on any atom is -0.438 e. The Morgan fingerprint density at radius 3 is 2.71 bits per heavy atom. The Kier molecular flexibility index (Phi) is 5.62. The lowest BCUT2D eigenvalue weighted by Gasteiger charge is -2.12. The van der Waals surface area contributed by atoms with Crippen LogP contribution in [0.5, 0.6) is 11.6 Å². The standard InChI is InChI=1S/C16H18BrClN2O/c1-10(2)19-9-14-13(18)5-7-16(20-14)21-15-6-4-11(3)8-12(15)17/h4-8,10,19H,9H2,1-3H3. The maximum absolute atomic E-state index is 6.17. The van der Waals surface area contributed by atoms with Gasteiger partial charge in [0, 0.05) is 18.7 Å². The predicted molar refractivity (Wildman–Crippen MR) is 90.2 cm³/mol. The zero-order chi connectivity index (χ0) is 15.4. The van der Waals surface area contributed by atoms with Crippen molar-refractivity contribution < 1.29 is 4.74 Å². The second-order valence-corrected chi connectivity index (χ2v) is 6.41. The average Bonchev–Trinajstić information content (AvgIpc) is 2.42. The fourth-order valence-corrected chi connectivity index (χ4v) is 2.49. The van der Waals surface area contributed by atoms with Crippen molar-refractivity contribution in [3.63, 3.8) is 0 Å². The maximum atomic E-state index is 6.17. The number of pyridine rings is 1. The van der Waals surface area contributed by atoms with Crippen molar-refractivity contribution in [1.29, 1.82) is 0 Å². The van der Waals surface area contributed by atoms with Crippen LogP contribution < -0.4 is 10.1 Å². The lowest BCUT2D eigenvalue weighted by molar-refractivity contribution is 0.455. The van der Waals surface area contributed by atoms with E-state index in [0.29, 0.717) is 23.5 Å². The Hall–Kier alpha value is -1.10. The van der Waals surface area contributed by atoms with Crippen LogP contribution in [0.1, 0.15) is 25.1 Å². The van der Waals surface area contributed by atoms with E-state index in [9.17, 15) is 0 Å². The molecule has 0 radical (unpaired) electrons. The number of rotatable bonds is 5. The summed E-state index contributed by atoms with van der Waals surface area (Å²) >= 11 is 9.66. The summed E-state index contributed by atoms with van der Waals surface area (Å²) in [7, 11) is 0. The molecule has 0 aliphatic rings. The molecular weight excluding hydrogens is 352 g/mol. The smallest absolute Gasteiger partial charge is 0.219 e. The summed E-state index contributed by atoms with van der Waals surface area (Å²) < 4.78 is 6.73. The van der Waals surface area contributed by atoms with E-state index in [1.54, 1.807) is 6.07 Å². The van der Waals surface area contributed by atoms with Gasteiger partial charge in [0.05, 0.1) is 15.2 Å². The van der Waals surface area contributed by atoms with E-state index in [2.05, 4.69) is 40.1 Å². The molecule has 1 N–H and O–H groups in total. The molecule has 0 aliphatic carbocycles. The third kappa shape index (κ3) is 4.70. The number of hydrogen-bond donors (Lipinski definition) is 1. The monoisotopic (exact) mass is 368 g/mol. The number of aryl methyl sites for hydroxylation is 1. The first-order chi connectivity index (χ1) is 9.95. The van der Waals surface area contributed by atoms with Crippen LogP contribution in [0, 0.1) is 6.92 Å². The van der Waals surface area contributed by atoms with E-state index in [1.165, 1.54) is 5.56 Å². The molecule has 2 aromatic rings. The summed E-state index contributed by atoms with van der Waals surface area (Å²) in [4.78, 5) is 4.47. The quantitative estimate of drug-likeness (QED) is 0.796. The molecule has 1 aromatic heterocycles. The molecule has 1 heterocycles. The molecule has 0 unspecified atom stereocenters. The third-order valence-electron chi connectivity index (χ3n) is 2.87. The lowest BCUT2D eigenvalue weighted by atomic mass is 10.2. The zero-order valence-electron chi connectivity index (χ0n) is 12.3. The van der Waals surface area contributed by atoms with Crippen LogP contribution in [0.2, 0.25) is 5.02 Å². The molecule has 0 aliphatic heterocycles. The van der Waals surface area contributed by atoms with Gasteiger partial charge >= 0.3 is 0 Å². The third-order valence-corrected chi connectivity index (χ3v) is 3.84. The lowest BCUT2D eigenvalue weighted by Crippen LogP contribution is -2.22. The molecule has 0 spiro atoms. The summed E-state index contributed by atoms with van der Waals surface area (Å²) in [5.41, 5.74) is 1.95. The van der Waals surface area contributed by atoms with E-state index in [-0.39, 0.29) is 0 Å². The first kappa shape index (κ1) is 16.3. The number of nitrogens with zero attached hydrogens (tertiary/aromatic N) is 1. The van der Waals surface area contributed by atoms with Crippen molar-refractivity contribution >= 4 is 27.5 Å². The van der Waals surface area contributed by atoms with E-state index in [0.717, 1.165) is 15.9 Å². The maximum Gasteiger partial charge on any atom is 0.219 e. The number of ether oxygens (including phenoxy) is 1. The van der Waals surface area contributed by atoms with Gasteiger partial charge in [-0.25, -0.2) is 4.98 Å². The van der Waals surface area contributed by atoms with Crippen LogP contribution in [0.3, 0.4) is 0 Å². The van der Waals surface area contributed by atoms with Gasteiger partial charge in [-0.2, -0.15) is 0 Å². The summed E-state index contributed by atoms with van der Waals surface area (Å²) in [6, 6.07) is 9.88. The van der Waals surface area contributed by atoms with Gasteiger partial charge in [-0.15, -0.1) is 0 Å². The van der Waals surface area contributed by atoms with Crippen molar-refractivity contribution in [3.05, 3.63) is 51.1 Å². The minimum atomic E-state index is 0.374. The molecule has 0 bridgehead atoms. The van der Waals surface area contributed by atoms with Crippen molar-refractivity contribution in [1.82, 2.24) is 10.3 Å². The topological polar surface area (TPSA) is 34.1 Å². The van der Waals surface area contributed by atoms with Crippen LogP contribution >= 0.6 is 27.5 Å². The molecule has 0 fully saturated rings. The van der Waals surface area contributed by atoms with E-state index < -0.39 is 0 Å². The zero-order valence-corrected chi connectivity index (χ0v) is 14.6. The fraction of sp³-hybridized carbons (Fsp3) is 0.312. The van der Waals surface area contributed by atoms with E-state index in [4.69, 9.17) is 16.3 Å². The second kappa shape index (κ2) is 7.25. The summed E-state index contributed by atoms with van der Waals surface area (Å²) in [6.45, 7) is 6.81. The molecule has 0 saturated carbocycles. The Balaban J connectivity index is 2.18. The second-order valence-electron chi connectivity index (χ2n) is 5.15. The highest BCUT2D eigenvalue weighted by atomic mass is 79.9. The van der Waals surface area contributed by atoms with Gasteiger partial charge in [0.25, 0.3) is 0 Å². The van der Waals surface area contributed by atoms with Crippen molar-refractivity contribution in [2.45, 2.75) is 33.4 Å². The van der Waals surface area contributed by atoms with Crippen LogP contribution in [-0.2, 0) is 6.54 Å². The van der Waals surface area contributed by atoms with Gasteiger partial charge in [0.1, 0.15) is 5.75 Å². The van der Waals surface area contributed by atoms with Gasteiger partial charge in [-0.05, 0) is 46.6 Å². The molecule has 112 valence electrons. The van der Waals surface area contributed by atoms with Crippen molar-refractivity contribution in [2.24, 2.45) is 0 Å². The van der Waals surface area contributed by atoms with Crippen LogP contribution in [0.4, 0.5) is 0 Å². The number of benzene rings is 1. The molecule has 0 amide bonds. The van der Waals surface area contributed by atoms with Gasteiger partial charge in [-0.3, -0.25) is 0 Å². The summed E-state index contributed by atoms with van der Waals surface area (Å²) in [6.07, 6.45) is 0. The summed E-state index contributed by atoms with van der Waals surface area (Å²) in [5, 5.41) is 3.94. The molecule has 0 saturated heterocycles. The minimum absolute atomic E-state index is 0.374. The Morgan fingerprint density at radius 2 is 2.05 bits per heavy atom. The Morgan fingerprint density at radius 1 is 1.29 bits per heavy atom. The van der Waals surface area contributed by atoms with Gasteiger partial charge in [-0.1, -0.05) is 31.5 Å². The molecular formula is C16H18BrClN2O.